The maximum Gasteiger partial charge on any atom is 0.410 e. The van der Waals surface area contributed by atoms with Crippen LogP contribution in [0.2, 0.25) is 0 Å². The average molecular weight is 357 g/mol. The minimum absolute atomic E-state index is 0.138. The first kappa shape index (κ1) is 23.4. The summed E-state index contributed by atoms with van der Waals surface area (Å²) in [5, 5.41) is 7.00. The van der Waals surface area contributed by atoms with E-state index in [-0.39, 0.29) is 17.7 Å². The highest BCUT2D eigenvalue weighted by Gasteiger charge is 2.49. The smallest absolute Gasteiger partial charge is 0.410 e. The van der Waals surface area contributed by atoms with Crippen LogP contribution in [0.1, 0.15) is 60.8 Å². The van der Waals surface area contributed by atoms with E-state index in [0.29, 0.717) is 5.41 Å². The number of amides is 1. The molecule has 1 spiro atoms. The van der Waals surface area contributed by atoms with Gasteiger partial charge in [0.15, 0.2) is 0 Å². The number of carbonyl (C=O) groups excluding carboxylic acids is 2. The Bertz CT molecular complexity index is 455. The van der Waals surface area contributed by atoms with Crippen LogP contribution in [0, 0.1) is 5.41 Å². The van der Waals surface area contributed by atoms with Gasteiger partial charge >= 0.3 is 12.1 Å². The molecule has 0 atom stereocenters. The number of aliphatic hydroxyl groups is 1. The van der Waals surface area contributed by atoms with Crippen molar-refractivity contribution >= 4 is 12.1 Å². The van der Waals surface area contributed by atoms with Crippen molar-refractivity contribution in [3.63, 3.8) is 0 Å². The highest BCUT2D eigenvalue weighted by atomic mass is 16.6. The summed E-state index contributed by atoms with van der Waals surface area (Å²) in [4.78, 5) is 24.0. The van der Waals surface area contributed by atoms with Crippen LogP contribution in [0.4, 0.5) is 4.79 Å². The van der Waals surface area contributed by atoms with Gasteiger partial charge < -0.3 is 19.5 Å². The minimum Gasteiger partial charge on any atom is -0.457 e. The first-order valence-corrected chi connectivity index (χ1v) is 8.64. The summed E-state index contributed by atoms with van der Waals surface area (Å²) in [5.41, 5.74) is -0.265. The zero-order chi connectivity index (χ0) is 19.9. The second-order valence-corrected chi connectivity index (χ2v) is 8.39. The number of likely N-dealkylation sites (tertiary alicyclic amines) is 1. The molecule has 0 radical (unpaired) electrons. The highest BCUT2D eigenvalue weighted by Crippen LogP contribution is 2.52. The number of carbonyl (C=O) groups is 2. The summed E-state index contributed by atoms with van der Waals surface area (Å²) in [6.45, 7) is 16.2. The molecule has 6 nitrogen and oxygen atoms in total. The third kappa shape index (κ3) is 10.1. The summed E-state index contributed by atoms with van der Waals surface area (Å²) in [7, 11) is 1.00. The van der Waals surface area contributed by atoms with Crippen LogP contribution < -0.4 is 0 Å². The van der Waals surface area contributed by atoms with Gasteiger partial charge in [-0.2, -0.15) is 0 Å². The number of aliphatic hydroxyl groups excluding tert-OH is 1. The zero-order valence-corrected chi connectivity index (χ0v) is 16.8. The van der Waals surface area contributed by atoms with Crippen molar-refractivity contribution in [2.24, 2.45) is 5.41 Å². The van der Waals surface area contributed by atoms with Gasteiger partial charge in [-0.15, -0.1) is 0 Å². The molecular formula is C19H35NO5. The van der Waals surface area contributed by atoms with E-state index in [1.54, 1.807) is 0 Å². The summed E-state index contributed by atoms with van der Waals surface area (Å²) in [6.07, 6.45) is 4.79. The van der Waals surface area contributed by atoms with Gasteiger partial charge in [-0.3, -0.25) is 0 Å². The zero-order valence-electron chi connectivity index (χ0n) is 16.8. The summed E-state index contributed by atoms with van der Waals surface area (Å²) >= 11 is 0. The lowest BCUT2D eigenvalue weighted by Crippen LogP contribution is -2.35. The van der Waals surface area contributed by atoms with Crippen LogP contribution in [0.5, 0.6) is 0 Å². The van der Waals surface area contributed by atoms with Crippen molar-refractivity contribution in [1.29, 1.82) is 0 Å². The lowest BCUT2D eigenvalue weighted by Gasteiger charge is -2.24. The van der Waals surface area contributed by atoms with E-state index >= 15 is 0 Å². The van der Waals surface area contributed by atoms with Crippen LogP contribution in [-0.2, 0) is 14.3 Å². The van der Waals surface area contributed by atoms with Crippen LogP contribution >= 0.6 is 0 Å². The van der Waals surface area contributed by atoms with E-state index in [4.69, 9.17) is 14.6 Å². The quantitative estimate of drug-likeness (QED) is 0.574. The van der Waals surface area contributed by atoms with Crippen molar-refractivity contribution in [1.82, 2.24) is 4.90 Å². The van der Waals surface area contributed by atoms with E-state index < -0.39 is 5.60 Å². The molecule has 1 saturated heterocycles. The largest absolute Gasteiger partial charge is 0.457 e. The minimum atomic E-state index is -0.398. The molecule has 2 rings (SSSR count). The molecule has 1 aliphatic carbocycles. The molecule has 25 heavy (non-hydrogen) atoms. The Hall–Kier alpha value is -1.56. The second-order valence-electron chi connectivity index (χ2n) is 8.39. The Morgan fingerprint density at radius 3 is 1.76 bits per heavy atom. The van der Waals surface area contributed by atoms with Gasteiger partial charge in [-0.1, -0.05) is 6.58 Å². The van der Waals surface area contributed by atoms with E-state index in [2.05, 4.69) is 6.58 Å². The molecule has 1 amide bonds. The fourth-order valence-electron chi connectivity index (χ4n) is 2.35. The number of hydrogen-bond donors (Lipinski definition) is 1. The Morgan fingerprint density at radius 2 is 1.48 bits per heavy atom. The summed E-state index contributed by atoms with van der Waals surface area (Å²) < 4.78 is 10.2. The number of rotatable bonds is 1. The standard InChI is InChI=1S/C11H19NO2.C7H12O2.CH4O/c1-10(2,3)14-9(13)12-7-6-11(8-12)4-5-11;1-5-6(8)9-7(2,3)4;1-2/h4-8H2,1-3H3;5H,1H2,2-4H3;2H,1H3. The number of nitrogens with zero attached hydrogens (tertiary/aromatic N) is 1. The van der Waals surface area contributed by atoms with E-state index in [1.807, 2.05) is 46.4 Å². The topological polar surface area (TPSA) is 76.1 Å². The average Bonchev–Trinajstić information content (AvgIpc) is 3.07. The van der Waals surface area contributed by atoms with Crippen molar-refractivity contribution in [2.75, 3.05) is 20.2 Å². The van der Waals surface area contributed by atoms with Gasteiger partial charge in [0.25, 0.3) is 0 Å². The van der Waals surface area contributed by atoms with E-state index in [1.165, 1.54) is 19.3 Å². The van der Waals surface area contributed by atoms with Gasteiger partial charge in [-0.05, 0) is 66.2 Å². The molecule has 6 heteroatoms. The molecule has 1 saturated carbocycles. The summed E-state index contributed by atoms with van der Waals surface area (Å²) in [5.74, 6) is -0.373. The molecule has 0 aromatic carbocycles. The SMILES string of the molecule is C=CC(=O)OC(C)(C)C.CC(C)(C)OC(=O)N1CCC2(CC2)C1.CO. The molecular weight excluding hydrogens is 322 g/mol. The molecule has 0 unspecified atom stereocenters. The molecule has 0 aromatic rings. The predicted molar refractivity (Wildman–Crippen MR) is 98.3 cm³/mol. The predicted octanol–water partition coefficient (Wildman–Crippen LogP) is 3.53. The molecule has 0 bridgehead atoms. The molecule has 2 fully saturated rings. The van der Waals surface area contributed by atoms with E-state index in [9.17, 15) is 9.59 Å². The van der Waals surface area contributed by atoms with Gasteiger partial charge in [0, 0.05) is 26.3 Å². The van der Waals surface area contributed by atoms with Crippen molar-refractivity contribution in [2.45, 2.75) is 72.0 Å². The van der Waals surface area contributed by atoms with Crippen molar-refractivity contribution in [3.8, 4) is 0 Å². The van der Waals surface area contributed by atoms with Gasteiger partial charge in [-0.25, -0.2) is 9.59 Å². The van der Waals surface area contributed by atoms with Crippen molar-refractivity contribution in [3.05, 3.63) is 12.7 Å². The maximum atomic E-state index is 11.7. The molecule has 1 N–H and O–H groups in total. The van der Waals surface area contributed by atoms with Crippen LogP contribution in [0.3, 0.4) is 0 Å². The Balaban J connectivity index is 0.000000458. The molecule has 0 aromatic heterocycles. The first-order chi connectivity index (χ1) is 11.4. The molecule has 2 aliphatic rings. The lowest BCUT2D eigenvalue weighted by molar-refractivity contribution is -0.148. The van der Waals surface area contributed by atoms with Crippen LogP contribution in [0.15, 0.2) is 12.7 Å². The number of hydrogen-bond acceptors (Lipinski definition) is 5. The summed E-state index contributed by atoms with van der Waals surface area (Å²) in [6, 6.07) is 0. The molecule has 1 heterocycles. The van der Waals surface area contributed by atoms with E-state index in [0.717, 1.165) is 26.3 Å². The van der Waals surface area contributed by atoms with Gasteiger partial charge in [0.1, 0.15) is 11.2 Å². The van der Waals surface area contributed by atoms with Crippen molar-refractivity contribution < 1.29 is 24.2 Å². The van der Waals surface area contributed by atoms with Gasteiger partial charge in [0.05, 0.1) is 0 Å². The molecule has 146 valence electrons. The fourth-order valence-corrected chi connectivity index (χ4v) is 2.35. The Morgan fingerprint density at radius 1 is 1.00 bits per heavy atom. The van der Waals surface area contributed by atoms with Crippen LogP contribution in [0.25, 0.3) is 0 Å². The Labute approximate surface area is 152 Å². The number of ether oxygens (including phenoxy) is 2. The third-order valence-electron chi connectivity index (χ3n) is 3.62. The third-order valence-corrected chi connectivity index (χ3v) is 3.62. The lowest BCUT2D eigenvalue weighted by atomic mass is 10.1. The number of esters is 1. The second kappa shape index (κ2) is 9.22. The first-order valence-electron chi connectivity index (χ1n) is 8.64. The fraction of sp³-hybridized carbons (Fsp3) is 0.789. The highest BCUT2D eigenvalue weighted by molar-refractivity contribution is 5.81. The maximum absolute atomic E-state index is 11.7. The molecule has 1 aliphatic heterocycles. The van der Waals surface area contributed by atoms with Crippen LogP contribution in [-0.4, -0.2) is 53.5 Å². The Kier molecular flexibility index (Phi) is 8.65. The normalized spacial score (nSPS) is 17.5. The van der Waals surface area contributed by atoms with Gasteiger partial charge in [0.2, 0.25) is 0 Å². The monoisotopic (exact) mass is 357 g/mol.